The van der Waals surface area contributed by atoms with E-state index >= 15 is 0 Å². The van der Waals surface area contributed by atoms with Crippen molar-refractivity contribution in [2.24, 2.45) is 5.92 Å². The van der Waals surface area contributed by atoms with Gasteiger partial charge in [-0.1, -0.05) is 36.2 Å². The summed E-state index contributed by atoms with van der Waals surface area (Å²) in [6, 6.07) is 12.6. The van der Waals surface area contributed by atoms with E-state index in [4.69, 9.17) is 23.2 Å². The first-order valence-corrected chi connectivity index (χ1v) is 10.4. The highest BCUT2D eigenvalue weighted by Crippen LogP contribution is 2.32. The number of halogens is 2. The molecule has 4 nitrogen and oxygen atoms in total. The molecule has 2 amide bonds. The topological polar surface area (TPSA) is 58.2 Å². The first-order chi connectivity index (χ1) is 13.0. The van der Waals surface area contributed by atoms with Crippen molar-refractivity contribution in [1.29, 1.82) is 0 Å². The third-order valence-electron chi connectivity index (χ3n) is 4.18. The first-order valence-electron chi connectivity index (χ1n) is 8.79. The summed E-state index contributed by atoms with van der Waals surface area (Å²) in [4.78, 5) is 25.5. The van der Waals surface area contributed by atoms with Crippen LogP contribution in [0, 0.1) is 5.92 Å². The molecule has 0 aromatic heterocycles. The number of hydrogen-bond donors (Lipinski definition) is 2. The van der Waals surface area contributed by atoms with Gasteiger partial charge in [-0.2, -0.15) is 0 Å². The number of carbonyl (C=O) groups is 2. The molecule has 1 unspecified atom stereocenters. The lowest BCUT2D eigenvalue weighted by Gasteiger charge is -2.16. The number of hydrogen-bond acceptors (Lipinski definition) is 3. The van der Waals surface area contributed by atoms with E-state index in [2.05, 4.69) is 10.6 Å². The van der Waals surface area contributed by atoms with Crippen LogP contribution in [0.2, 0.25) is 10.0 Å². The molecule has 0 spiro atoms. The summed E-state index contributed by atoms with van der Waals surface area (Å²) >= 11 is 13.4. The summed E-state index contributed by atoms with van der Waals surface area (Å²) < 4.78 is 0. The average molecular weight is 423 g/mol. The largest absolute Gasteiger partial charge is 0.326 e. The van der Waals surface area contributed by atoms with Crippen LogP contribution in [-0.2, 0) is 9.59 Å². The van der Waals surface area contributed by atoms with Crippen molar-refractivity contribution in [3.63, 3.8) is 0 Å². The summed E-state index contributed by atoms with van der Waals surface area (Å²) in [6.07, 6.45) is 2.59. The van der Waals surface area contributed by atoms with Gasteiger partial charge in [0, 0.05) is 22.2 Å². The fourth-order valence-electron chi connectivity index (χ4n) is 2.52. The molecular formula is C20H20Cl2N2O2S. The third-order valence-corrected chi connectivity index (χ3v) is 6.28. The van der Waals surface area contributed by atoms with E-state index < -0.39 is 0 Å². The minimum absolute atomic E-state index is 0.0709. The molecule has 0 heterocycles. The van der Waals surface area contributed by atoms with Crippen LogP contribution in [0.1, 0.15) is 26.2 Å². The van der Waals surface area contributed by atoms with E-state index in [9.17, 15) is 9.59 Å². The van der Waals surface area contributed by atoms with E-state index in [0.29, 0.717) is 22.2 Å². The van der Waals surface area contributed by atoms with Crippen LogP contribution in [0.25, 0.3) is 0 Å². The predicted octanol–water partition coefficient (Wildman–Crippen LogP) is 5.85. The Morgan fingerprint density at radius 3 is 2.48 bits per heavy atom. The maximum atomic E-state index is 12.6. The van der Waals surface area contributed by atoms with Gasteiger partial charge < -0.3 is 10.6 Å². The smallest absolute Gasteiger partial charge is 0.237 e. The molecule has 2 N–H and O–H groups in total. The molecule has 1 saturated carbocycles. The van der Waals surface area contributed by atoms with Crippen LogP contribution < -0.4 is 10.6 Å². The Kier molecular flexibility index (Phi) is 6.68. The van der Waals surface area contributed by atoms with Gasteiger partial charge in [0.1, 0.15) is 0 Å². The van der Waals surface area contributed by atoms with Gasteiger partial charge in [0.15, 0.2) is 0 Å². The van der Waals surface area contributed by atoms with Crippen LogP contribution >= 0.6 is 35.0 Å². The SMILES string of the molecule is CCC(Sc1cccc(NC(=O)C2CC2)c1)C(=O)Nc1ccc(Cl)c(Cl)c1. The Morgan fingerprint density at radius 1 is 1.07 bits per heavy atom. The third kappa shape index (κ3) is 5.64. The Labute approximate surface area is 173 Å². The zero-order valence-electron chi connectivity index (χ0n) is 14.8. The number of benzene rings is 2. The molecule has 27 heavy (non-hydrogen) atoms. The predicted molar refractivity (Wildman–Crippen MR) is 113 cm³/mol. The van der Waals surface area contributed by atoms with Crippen molar-refractivity contribution in [2.45, 2.75) is 36.3 Å². The van der Waals surface area contributed by atoms with Crippen LogP contribution in [0.4, 0.5) is 11.4 Å². The standard InChI is InChI=1S/C20H20Cl2N2O2S/c1-2-18(20(26)24-14-8-9-16(21)17(22)11-14)27-15-5-3-4-13(10-15)23-19(25)12-6-7-12/h3-5,8-12,18H,2,6-7H2,1H3,(H,23,25)(H,24,26). The van der Waals surface area contributed by atoms with Crippen molar-refractivity contribution in [2.75, 3.05) is 10.6 Å². The van der Waals surface area contributed by atoms with Gasteiger partial charge in [-0.15, -0.1) is 11.8 Å². The monoisotopic (exact) mass is 422 g/mol. The number of rotatable bonds is 7. The molecule has 1 aliphatic carbocycles. The molecule has 7 heteroatoms. The number of anilines is 2. The van der Waals surface area contributed by atoms with Gasteiger partial charge in [-0.3, -0.25) is 9.59 Å². The van der Waals surface area contributed by atoms with Crippen molar-refractivity contribution in [3.05, 3.63) is 52.5 Å². The number of thioether (sulfide) groups is 1. The average Bonchev–Trinajstić information content (AvgIpc) is 3.48. The minimum Gasteiger partial charge on any atom is -0.326 e. The molecule has 0 saturated heterocycles. The van der Waals surface area contributed by atoms with Crippen molar-refractivity contribution in [1.82, 2.24) is 0 Å². The quantitative estimate of drug-likeness (QED) is 0.549. The maximum Gasteiger partial charge on any atom is 0.237 e. The molecule has 1 fully saturated rings. The molecule has 0 aliphatic heterocycles. The number of amides is 2. The Bertz CT molecular complexity index is 856. The van der Waals surface area contributed by atoms with E-state index in [-0.39, 0.29) is 23.0 Å². The minimum atomic E-state index is -0.270. The lowest BCUT2D eigenvalue weighted by molar-refractivity contribution is -0.117. The van der Waals surface area contributed by atoms with E-state index in [1.807, 2.05) is 31.2 Å². The molecule has 1 atom stereocenters. The van der Waals surface area contributed by atoms with Gasteiger partial charge in [-0.05, 0) is 55.7 Å². The molecule has 0 radical (unpaired) electrons. The molecule has 3 rings (SSSR count). The molecular weight excluding hydrogens is 403 g/mol. The second kappa shape index (κ2) is 9.00. The fraction of sp³-hybridized carbons (Fsp3) is 0.300. The normalized spacial score (nSPS) is 14.5. The highest BCUT2D eigenvalue weighted by atomic mass is 35.5. The summed E-state index contributed by atoms with van der Waals surface area (Å²) in [5.74, 6) is 0.122. The van der Waals surface area contributed by atoms with Crippen molar-refractivity contribution >= 4 is 58.2 Å². The zero-order valence-corrected chi connectivity index (χ0v) is 17.1. The molecule has 2 aromatic rings. The molecule has 0 bridgehead atoms. The highest BCUT2D eigenvalue weighted by molar-refractivity contribution is 8.00. The summed E-state index contributed by atoms with van der Waals surface area (Å²) in [5.41, 5.74) is 1.37. The molecule has 142 valence electrons. The van der Waals surface area contributed by atoms with Crippen LogP contribution in [0.5, 0.6) is 0 Å². The summed E-state index contributed by atoms with van der Waals surface area (Å²) in [6.45, 7) is 1.96. The molecule has 1 aliphatic rings. The van der Waals surface area contributed by atoms with E-state index in [1.165, 1.54) is 11.8 Å². The lowest BCUT2D eigenvalue weighted by atomic mass is 10.2. The Hall–Kier alpha value is -1.69. The van der Waals surface area contributed by atoms with Gasteiger partial charge in [0.2, 0.25) is 11.8 Å². The summed E-state index contributed by atoms with van der Waals surface area (Å²) in [7, 11) is 0. The van der Waals surface area contributed by atoms with Crippen LogP contribution in [0.3, 0.4) is 0 Å². The van der Waals surface area contributed by atoms with Gasteiger partial charge in [-0.25, -0.2) is 0 Å². The number of nitrogens with one attached hydrogen (secondary N) is 2. The second-order valence-electron chi connectivity index (χ2n) is 6.42. The lowest BCUT2D eigenvalue weighted by Crippen LogP contribution is -2.24. The van der Waals surface area contributed by atoms with Crippen molar-refractivity contribution in [3.8, 4) is 0 Å². The Balaban J connectivity index is 1.64. The number of carbonyl (C=O) groups excluding carboxylic acids is 2. The van der Waals surface area contributed by atoms with Crippen LogP contribution in [0.15, 0.2) is 47.4 Å². The van der Waals surface area contributed by atoms with Crippen LogP contribution in [-0.4, -0.2) is 17.1 Å². The highest BCUT2D eigenvalue weighted by Gasteiger charge is 2.29. The van der Waals surface area contributed by atoms with Gasteiger partial charge in [0.25, 0.3) is 0 Å². The van der Waals surface area contributed by atoms with Crippen molar-refractivity contribution < 1.29 is 9.59 Å². The van der Waals surface area contributed by atoms with E-state index in [1.54, 1.807) is 18.2 Å². The van der Waals surface area contributed by atoms with Gasteiger partial charge >= 0.3 is 0 Å². The molecule has 2 aromatic carbocycles. The maximum absolute atomic E-state index is 12.6. The second-order valence-corrected chi connectivity index (χ2v) is 8.51. The zero-order chi connectivity index (χ0) is 19.4. The Morgan fingerprint density at radius 2 is 1.81 bits per heavy atom. The summed E-state index contributed by atoms with van der Waals surface area (Å²) in [5, 5.41) is 6.39. The fourth-order valence-corrected chi connectivity index (χ4v) is 3.83. The van der Waals surface area contributed by atoms with E-state index in [0.717, 1.165) is 23.4 Å². The van der Waals surface area contributed by atoms with Gasteiger partial charge in [0.05, 0.1) is 15.3 Å². The first kappa shape index (κ1) is 20.1.